The summed E-state index contributed by atoms with van der Waals surface area (Å²) in [5.74, 6) is -0.437. The van der Waals surface area contributed by atoms with E-state index < -0.39 is 11.5 Å². The zero-order valence-corrected chi connectivity index (χ0v) is 18.9. The Morgan fingerprint density at radius 1 is 1.12 bits per heavy atom. The maximum atomic E-state index is 12.7. The molecule has 0 unspecified atom stereocenters. The van der Waals surface area contributed by atoms with Gasteiger partial charge in [0.25, 0.3) is 5.91 Å². The summed E-state index contributed by atoms with van der Waals surface area (Å²) in [6.07, 6.45) is 1.63. The lowest BCUT2D eigenvalue weighted by Gasteiger charge is -2.17. The van der Waals surface area contributed by atoms with Gasteiger partial charge in [0.05, 0.1) is 22.8 Å². The summed E-state index contributed by atoms with van der Waals surface area (Å²) in [5, 5.41) is 36.1. The van der Waals surface area contributed by atoms with Gasteiger partial charge < -0.3 is 10.4 Å². The zero-order chi connectivity index (χ0) is 24.5. The first-order chi connectivity index (χ1) is 16.2. The summed E-state index contributed by atoms with van der Waals surface area (Å²) >= 11 is 0. The van der Waals surface area contributed by atoms with E-state index in [1.165, 1.54) is 6.07 Å². The second-order valence-corrected chi connectivity index (χ2v) is 8.49. The first-order valence-electron chi connectivity index (χ1n) is 10.5. The van der Waals surface area contributed by atoms with Gasteiger partial charge in [-0.15, -0.1) is 0 Å². The van der Waals surface area contributed by atoms with Gasteiger partial charge in [0, 0.05) is 24.0 Å². The lowest BCUT2D eigenvalue weighted by molar-refractivity contribution is 0.0692. The molecule has 0 aliphatic rings. The molecule has 0 saturated carbocycles. The van der Waals surface area contributed by atoms with E-state index in [-0.39, 0.29) is 17.9 Å². The van der Waals surface area contributed by atoms with E-state index in [4.69, 9.17) is 0 Å². The van der Waals surface area contributed by atoms with Gasteiger partial charge in [-0.25, -0.2) is 14.5 Å². The fourth-order valence-electron chi connectivity index (χ4n) is 3.52. The molecule has 0 saturated heterocycles. The Labute approximate surface area is 196 Å². The van der Waals surface area contributed by atoms with Gasteiger partial charge in [0.2, 0.25) is 0 Å². The van der Waals surface area contributed by atoms with E-state index >= 15 is 0 Å². The Bertz CT molecular complexity index is 1500. The van der Waals surface area contributed by atoms with Crippen LogP contribution in [-0.2, 0) is 0 Å². The minimum atomic E-state index is -1.07. The molecule has 0 radical (unpaired) electrons. The Morgan fingerprint density at radius 2 is 1.91 bits per heavy atom. The second kappa shape index (κ2) is 8.74. The number of pyridine rings is 1. The van der Waals surface area contributed by atoms with E-state index in [0.29, 0.717) is 39.3 Å². The highest BCUT2D eigenvalue weighted by atomic mass is 16.3. The normalized spacial score (nSPS) is 11.1. The Morgan fingerprint density at radius 3 is 2.62 bits per heavy atom. The number of fused-ring (bicyclic) bond motifs is 1. The van der Waals surface area contributed by atoms with Gasteiger partial charge in [-0.05, 0) is 56.7 Å². The predicted octanol–water partition coefficient (Wildman–Crippen LogP) is 3.01. The molecule has 4 rings (SSSR count). The molecular formula is C25H21N7O2. The van der Waals surface area contributed by atoms with Crippen LogP contribution in [-0.4, -0.2) is 42.7 Å². The van der Waals surface area contributed by atoms with Crippen molar-refractivity contribution >= 4 is 11.6 Å². The largest absolute Gasteiger partial charge is 0.389 e. The van der Waals surface area contributed by atoms with Gasteiger partial charge in [-0.3, -0.25) is 4.79 Å². The highest BCUT2D eigenvalue weighted by Crippen LogP contribution is 2.35. The first kappa shape index (κ1) is 22.6. The summed E-state index contributed by atoms with van der Waals surface area (Å²) < 4.78 is 1.55. The van der Waals surface area contributed by atoms with Crippen molar-refractivity contribution < 1.29 is 9.90 Å². The number of nitriles is 2. The van der Waals surface area contributed by atoms with E-state index in [1.807, 2.05) is 12.1 Å². The van der Waals surface area contributed by atoms with Crippen molar-refractivity contribution in [1.82, 2.24) is 24.9 Å². The highest BCUT2D eigenvalue weighted by molar-refractivity contribution is 5.95. The Kier molecular flexibility index (Phi) is 5.80. The average Bonchev–Trinajstić information content (AvgIpc) is 3.20. The quantitative estimate of drug-likeness (QED) is 0.475. The highest BCUT2D eigenvalue weighted by Gasteiger charge is 2.21. The molecule has 4 aromatic rings. The summed E-state index contributed by atoms with van der Waals surface area (Å²) in [5.41, 5.74) is 3.37. The fraction of sp³-hybridized carbons (Fsp3) is 0.200. The lowest BCUT2D eigenvalue weighted by Crippen LogP contribution is -2.38. The van der Waals surface area contributed by atoms with Crippen LogP contribution in [0.25, 0.3) is 28.0 Å². The van der Waals surface area contributed by atoms with Crippen LogP contribution < -0.4 is 5.32 Å². The number of nitrogens with one attached hydrogen (secondary N) is 1. The van der Waals surface area contributed by atoms with Crippen molar-refractivity contribution in [3.8, 4) is 34.5 Å². The van der Waals surface area contributed by atoms with Crippen molar-refractivity contribution in [2.24, 2.45) is 0 Å². The number of aliphatic hydroxyl groups is 1. The maximum absolute atomic E-state index is 12.7. The Hall–Kier alpha value is -4.60. The summed E-state index contributed by atoms with van der Waals surface area (Å²) in [7, 11) is 0. The number of amides is 1. The van der Waals surface area contributed by atoms with Gasteiger partial charge >= 0.3 is 0 Å². The molecule has 9 heteroatoms. The van der Waals surface area contributed by atoms with E-state index in [9.17, 15) is 20.4 Å². The van der Waals surface area contributed by atoms with Crippen LogP contribution >= 0.6 is 0 Å². The molecule has 34 heavy (non-hydrogen) atoms. The van der Waals surface area contributed by atoms with Crippen molar-refractivity contribution in [2.45, 2.75) is 26.4 Å². The van der Waals surface area contributed by atoms with Gasteiger partial charge in [0.15, 0.2) is 5.65 Å². The topological polar surface area (TPSA) is 140 Å². The first-order valence-corrected chi connectivity index (χ1v) is 10.5. The van der Waals surface area contributed by atoms with Crippen LogP contribution in [0.5, 0.6) is 0 Å². The third-order valence-electron chi connectivity index (χ3n) is 5.02. The molecule has 3 heterocycles. The molecule has 1 aromatic carbocycles. The molecule has 0 aliphatic heterocycles. The molecular weight excluding hydrogens is 430 g/mol. The summed E-state index contributed by atoms with van der Waals surface area (Å²) in [4.78, 5) is 21.5. The molecule has 0 spiro atoms. The molecule has 0 atom stereocenters. The molecule has 9 nitrogen and oxygen atoms in total. The van der Waals surface area contributed by atoms with Crippen LogP contribution in [0.2, 0.25) is 0 Å². The summed E-state index contributed by atoms with van der Waals surface area (Å²) in [6, 6.07) is 16.2. The Balaban J connectivity index is 1.94. The van der Waals surface area contributed by atoms with Gasteiger partial charge in [-0.2, -0.15) is 15.6 Å². The minimum absolute atomic E-state index is 0.0616. The van der Waals surface area contributed by atoms with Crippen molar-refractivity contribution in [2.75, 3.05) is 6.54 Å². The number of rotatable bonds is 5. The second-order valence-electron chi connectivity index (χ2n) is 8.49. The fourth-order valence-corrected chi connectivity index (χ4v) is 3.52. The number of nitrogens with zero attached hydrogens (tertiary/aromatic N) is 6. The van der Waals surface area contributed by atoms with Crippen molar-refractivity contribution in [1.29, 1.82) is 10.5 Å². The number of carbonyl (C=O) groups excluding carboxylic acids is 1. The van der Waals surface area contributed by atoms with Crippen LogP contribution in [0.3, 0.4) is 0 Å². The standard InChI is InChI=1S/C25H21N7O2/c1-15-9-18(11-19(13-27)29-15)21-22(17-6-4-5-16(10-17)12-26)31-32-8-7-20(30-23(21)32)24(33)28-14-25(2,3)34/h4-11,34H,14H2,1-3H3,(H,28,33). The number of carbonyl (C=O) groups is 1. The van der Waals surface area contributed by atoms with E-state index in [1.54, 1.807) is 55.7 Å². The lowest BCUT2D eigenvalue weighted by atomic mass is 9.99. The van der Waals surface area contributed by atoms with Crippen molar-refractivity contribution in [3.63, 3.8) is 0 Å². The SMILES string of the molecule is Cc1cc(-c2c(-c3cccc(C#N)c3)nn3ccc(C(=O)NCC(C)(C)O)nc23)cc(C#N)n1. The third-order valence-corrected chi connectivity index (χ3v) is 5.02. The van der Waals surface area contributed by atoms with Gasteiger partial charge in [-0.1, -0.05) is 12.1 Å². The van der Waals surface area contributed by atoms with Crippen LogP contribution in [0.15, 0.2) is 48.7 Å². The summed E-state index contributed by atoms with van der Waals surface area (Å²) in [6.45, 7) is 5.04. The minimum Gasteiger partial charge on any atom is -0.389 e. The van der Waals surface area contributed by atoms with Crippen LogP contribution in [0.1, 0.15) is 41.3 Å². The zero-order valence-electron chi connectivity index (χ0n) is 18.9. The van der Waals surface area contributed by atoms with E-state index in [0.717, 1.165) is 0 Å². The molecule has 3 aromatic heterocycles. The smallest absolute Gasteiger partial charge is 0.270 e. The monoisotopic (exact) mass is 451 g/mol. The third kappa shape index (κ3) is 4.60. The van der Waals surface area contributed by atoms with Crippen molar-refractivity contribution in [3.05, 3.63) is 71.3 Å². The number of hydrogen-bond donors (Lipinski definition) is 2. The number of aryl methyl sites for hydroxylation is 1. The number of benzene rings is 1. The number of hydrogen-bond acceptors (Lipinski definition) is 7. The molecule has 0 bridgehead atoms. The number of aromatic nitrogens is 4. The average molecular weight is 451 g/mol. The maximum Gasteiger partial charge on any atom is 0.270 e. The van der Waals surface area contributed by atoms with Gasteiger partial charge in [0.1, 0.15) is 23.2 Å². The molecule has 0 aliphatic carbocycles. The van der Waals surface area contributed by atoms with Crippen LogP contribution in [0.4, 0.5) is 0 Å². The molecule has 0 fully saturated rings. The molecule has 2 N–H and O–H groups in total. The van der Waals surface area contributed by atoms with E-state index in [2.05, 4.69) is 32.5 Å². The predicted molar refractivity (Wildman–Crippen MR) is 124 cm³/mol. The molecule has 1 amide bonds. The van der Waals surface area contributed by atoms with Crippen LogP contribution in [0, 0.1) is 29.6 Å². The molecule has 168 valence electrons.